The summed E-state index contributed by atoms with van der Waals surface area (Å²) in [5.41, 5.74) is 5.48. The Labute approximate surface area is 118 Å². The van der Waals surface area contributed by atoms with Gasteiger partial charge >= 0.3 is 0 Å². The molecule has 0 amide bonds. The van der Waals surface area contributed by atoms with Crippen molar-refractivity contribution in [1.82, 2.24) is 4.31 Å². The molecule has 1 saturated carbocycles. The molecule has 0 unspecified atom stereocenters. The van der Waals surface area contributed by atoms with Crippen LogP contribution in [0.25, 0.3) is 0 Å². The van der Waals surface area contributed by atoms with Crippen molar-refractivity contribution in [3.05, 3.63) is 24.0 Å². The van der Waals surface area contributed by atoms with Crippen molar-refractivity contribution in [3.8, 4) is 0 Å². The SMILES string of the molecule is CN(CCOCC1CC1)S(=O)(=O)c1c(N)cccc1F. The zero-order chi connectivity index (χ0) is 14.8. The van der Waals surface area contributed by atoms with E-state index in [0.717, 1.165) is 10.4 Å². The van der Waals surface area contributed by atoms with Gasteiger partial charge in [-0.15, -0.1) is 0 Å². The summed E-state index contributed by atoms with van der Waals surface area (Å²) < 4.78 is 44.7. The number of halogens is 1. The van der Waals surface area contributed by atoms with E-state index in [4.69, 9.17) is 10.5 Å². The van der Waals surface area contributed by atoms with Gasteiger partial charge in [0.15, 0.2) is 0 Å². The van der Waals surface area contributed by atoms with Crippen LogP contribution in [0.5, 0.6) is 0 Å². The van der Waals surface area contributed by atoms with Gasteiger partial charge in [-0.25, -0.2) is 12.8 Å². The van der Waals surface area contributed by atoms with Crippen LogP contribution < -0.4 is 5.73 Å². The predicted octanol–water partition coefficient (Wildman–Crippen LogP) is 1.45. The molecule has 0 spiro atoms. The Morgan fingerprint density at radius 2 is 2.15 bits per heavy atom. The van der Waals surface area contributed by atoms with E-state index >= 15 is 0 Å². The molecule has 0 radical (unpaired) electrons. The predicted molar refractivity (Wildman–Crippen MR) is 74.2 cm³/mol. The molecule has 7 heteroatoms. The number of ether oxygens (including phenoxy) is 1. The number of hydrogen-bond donors (Lipinski definition) is 1. The molecule has 0 saturated heterocycles. The average Bonchev–Trinajstić information content (AvgIpc) is 3.17. The molecule has 2 N–H and O–H groups in total. The first-order valence-corrected chi connectivity index (χ1v) is 7.95. The molecule has 0 heterocycles. The van der Waals surface area contributed by atoms with E-state index in [1.54, 1.807) is 0 Å². The number of sulfonamides is 1. The van der Waals surface area contributed by atoms with E-state index in [1.807, 2.05) is 0 Å². The average molecular weight is 302 g/mol. The standard InChI is InChI=1S/C13H19FN2O3S/c1-16(7-8-19-9-10-5-6-10)20(17,18)13-11(14)3-2-4-12(13)15/h2-4,10H,5-9,15H2,1H3. The normalized spacial score (nSPS) is 15.8. The van der Waals surface area contributed by atoms with Crippen molar-refractivity contribution >= 4 is 15.7 Å². The Kier molecular flexibility index (Phi) is 4.62. The number of benzene rings is 1. The zero-order valence-corrected chi connectivity index (χ0v) is 12.2. The van der Waals surface area contributed by atoms with E-state index in [0.29, 0.717) is 19.1 Å². The molecule has 1 aromatic carbocycles. The van der Waals surface area contributed by atoms with Gasteiger partial charge in [0, 0.05) is 20.2 Å². The smallest absolute Gasteiger partial charge is 0.247 e. The summed E-state index contributed by atoms with van der Waals surface area (Å²) in [5, 5.41) is 0. The lowest BCUT2D eigenvalue weighted by atomic mass is 10.3. The second-order valence-corrected chi connectivity index (χ2v) is 6.98. The maximum Gasteiger partial charge on any atom is 0.247 e. The fourth-order valence-electron chi connectivity index (χ4n) is 1.80. The van der Waals surface area contributed by atoms with Crippen molar-refractivity contribution in [1.29, 1.82) is 0 Å². The lowest BCUT2D eigenvalue weighted by Gasteiger charge is -2.18. The molecule has 0 aliphatic heterocycles. The minimum Gasteiger partial charge on any atom is -0.398 e. The fourth-order valence-corrected chi connectivity index (χ4v) is 3.11. The summed E-state index contributed by atoms with van der Waals surface area (Å²) in [6.45, 7) is 1.12. The number of anilines is 1. The Morgan fingerprint density at radius 3 is 2.75 bits per heavy atom. The van der Waals surface area contributed by atoms with Gasteiger partial charge in [0.1, 0.15) is 10.7 Å². The number of nitrogens with zero attached hydrogens (tertiary/aromatic N) is 1. The fraction of sp³-hybridized carbons (Fsp3) is 0.538. The minimum absolute atomic E-state index is 0.0873. The highest BCUT2D eigenvalue weighted by Gasteiger charge is 2.27. The summed E-state index contributed by atoms with van der Waals surface area (Å²) in [7, 11) is -2.54. The molecule has 0 atom stereocenters. The summed E-state index contributed by atoms with van der Waals surface area (Å²) in [4.78, 5) is -0.468. The topological polar surface area (TPSA) is 72.6 Å². The van der Waals surface area contributed by atoms with E-state index in [-0.39, 0.29) is 12.2 Å². The Bertz CT molecular complexity index is 553. The molecule has 5 nitrogen and oxygen atoms in total. The van der Waals surface area contributed by atoms with Crippen LogP contribution in [0.1, 0.15) is 12.8 Å². The maximum absolute atomic E-state index is 13.7. The van der Waals surface area contributed by atoms with E-state index in [9.17, 15) is 12.8 Å². The maximum atomic E-state index is 13.7. The van der Waals surface area contributed by atoms with Crippen LogP contribution in [0, 0.1) is 11.7 Å². The molecule has 0 aromatic heterocycles. The third-order valence-corrected chi connectivity index (χ3v) is 5.22. The number of likely N-dealkylation sites (N-methyl/N-ethyl adjacent to an activating group) is 1. The Balaban J connectivity index is 2.00. The van der Waals surface area contributed by atoms with Crippen LogP contribution in [-0.2, 0) is 14.8 Å². The van der Waals surface area contributed by atoms with Crippen molar-refractivity contribution < 1.29 is 17.5 Å². The van der Waals surface area contributed by atoms with Crippen LogP contribution in [0.2, 0.25) is 0 Å². The number of rotatable bonds is 7. The first-order valence-electron chi connectivity index (χ1n) is 6.51. The summed E-state index contributed by atoms with van der Waals surface area (Å²) >= 11 is 0. The first kappa shape index (κ1) is 15.2. The van der Waals surface area contributed by atoms with Crippen LogP contribution >= 0.6 is 0 Å². The highest BCUT2D eigenvalue weighted by atomic mass is 32.2. The van der Waals surface area contributed by atoms with Crippen molar-refractivity contribution in [2.75, 3.05) is 32.5 Å². The third kappa shape index (κ3) is 3.47. The molecule has 1 aliphatic carbocycles. The van der Waals surface area contributed by atoms with Gasteiger partial charge in [0.2, 0.25) is 10.0 Å². The lowest BCUT2D eigenvalue weighted by molar-refractivity contribution is 0.117. The summed E-state index contributed by atoms with van der Waals surface area (Å²) in [6.07, 6.45) is 2.36. The molecule has 1 fully saturated rings. The second kappa shape index (κ2) is 6.07. The Hall–Kier alpha value is -1.18. The van der Waals surface area contributed by atoms with Crippen LogP contribution in [-0.4, -0.2) is 39.5 Å². The molecule has 112 valence electrons. The monoisotopic (exact) mass is 302 g/mol. The zero-order valence-electron chi connectivity index (χ0n) is 11.4. The molecule has 1 aliphatic rings. The molecular weight excluding hydrogens is 283 g/mol. The van der Waals surface area contributed by atoms with Gasteiger partial charge in [-0.3, -0.25) is 0 Å². The molecule has 0 bridgehead atoms. The summed E-state index contributed by atoms with van der Waals surface area (Å²) in [5.74, 6) is -0.213. The highest BCUT2D eigenvalue weighted by molar-refractivity contribution is 7.89. The van der Waals surface area contributed by atoms with Crippen LogP contribution in [0.15, 0.2) is 23.1 Å². The van der Waals surface area contributed by atoms with Crippen LogP contribution in [0.4, 0.5) is 10.1 Å². The van der Waals surface area contributed by atoms with Crippen LogP contribution in [0.3, 0.4) is 0 Å². The second-order valence-electron chi connectivity index (χ2n) is 5.00. The number of nitrogens with two attached hydrogens (primary N) is 1. The van der Waals surface area contributed by atoms with E-state index < -0.39 is 20.7 Å². The number of nitrogen functional groups attached to an aromatic ring is 1. The van der Waals surface area contributed by atoms with Gasteiger partial charge in [-0.1, -0.05) is 6.07 Å². The van der Waals surface area contributed by atoms with Crippen molar-refractivity contribution in [2.45, 2.75) is 17.7 Å². The number of hydrogen-bond acceptors (Lipinski definition) is 4. The lowest BCUT2D eigenvalue weighted by Crippen LogP contribution is -2.31. The van der Waals surface area contributed by atoms with Crippen molar-refractivity contribution in [2.24, 2.45) is 5.92 Å². The molecular formula is C13H19FN2O3S. The Morgan fingerprint density at radius 1 is 1.45 bits per heavy atom. The van der Waals surface area contributed by atoms with Gasteiger partial charge in [-0.2, -0.15) is 4.31 Å². The quantitative estimate of drug-likeness (QED) is 0.611. The molecule has 20 heavy (non-hydrogen) atoms. The molecule has 2 rings (SSSR count). The minimum atomic E-state index is -3.93. The highest BCUT2D eigenvalue weighted by Crippen LogP contribution is 2.29. The summed E-state index contributed by atoms with van der Waals surface area (Å²) in [6, 6.07) is 3.83. The third-order valence-electron chi connectivity index (χ3n) is 3.27. The molecule has 1 aromatic rings. The van der Waals surface area contributed by atoms with Crippen molar-refractivity contribution in [3.63, 3.8) is 0 Å². The van der Waals surface area contributed by atoms with Gasteiger partial charge < -0.3 is 10.5 Å². The first-order chi connectivity index (χ1) is 9.43. The van der Waals surface area contributed by atoms with Gasteiger partial charge in [0.25, 0.3) is 0 Å². The largest absolute Gasteiger partial charge is 0.398 e. The van der Waals surface area contributed by atoms with Gasteiger partial charge in [0.05, 0.1) is 12.3 Å². The van der Waals surface area contributed by atoms with Gasteiger partial charge in [-0.05, 0) is 30.9 Å². The van der Waals surface area contributed by atoms with E-state index in [1.165, 1.54) is 32.0 Å². The van der Waals surface area contributed by atoms with E-state index in [2.05, 4.69) is 0 Å².